The van der Waals surface area contributed by atoms with Gasteiger partial charge in [0, 0.05) is 23.4 Å². The number of benzene rings is 1. The van der Waals surface area contributed by atoms with Crippen LogP contribution in [0.15, 0.2) is 29.3 Å². The SMILES string of the molecule is CCCCC/C1=N/CCNC(=O)c2ccccc21. The number of hydrogen-bond acceptors (Lipinski definition) is 2. The van der Waals surface area contributed by atoms with Crippen LogP contribution in [-0.4, -0.2) is 24.7 Å². The molecule has 1 heterocycles. The van der Waals surface area contributed by atoms with Crippen LogP contribution < -0.4 is 5.32 Å². The van der Waals surface area contributed by atoms with E-state index in [-0.39, 0.29) is 5.91 Å². The molecular formula is C15H20N2O. The fourth-order valence-corrected chi connectivity index (χ4v) is 2.23. The van der Waals surface area contributed by atoms with Gasteiger partial charge in [-0.1, -0.05) is 38.0 Å². The average Bonchev–Trinajstić information content (AvgIpc) is 2.39. The molecule has 3 nitrogen and oxygen atoms in total. The summed E-state index contributed by atoms with van der Waals surface area (Å²) in [7, 11) is 0. The number of nitrogens with zero attached hydrogens (tertiary/aromatic N) is 1. The average molecular weight is 244 g/mol. The molecule has 0 aromatic heterocycles. The molecular weight excluding hydrogens is 224 g/mol. The predicted molar refractivity (Wildman–Crippen MR) is 74.3 cm³/mol. The molecule has 1 aromatic carbocycles. The van der Waals surface area contributed by atoms with Crippen molar-refractivity contribution in [3.8, 4) is 0 Å². The minimum atomic E-state index is 0.0218. The summed E-state index contributed by atoms with van der Waals surface area (Å²) in [6.07, 6.45) is 4.53. The Morgan fingerprint density at radius 3 is 2.78 bits per heavy atom. The van der Waals surface area contributed by atoms with Gasteiger partial charge in [0.1, 0.15) is 0 Å². The van der Waals surface area contributed by atoms with E-state index in [1.807, 2.05) is 24.3 Å². The third-order valence-electron chi connectivity index (χ3n) is 3.20. The summed E-state index contributed by atoms with van der Waals surface area (Å²) in [5.74, 6) is 0.0218. The summed E-state index contributed by atoms with van der Waals surface area (Å²) in [6.45, 7) is 3.51. The number of nitrogens with one attached hydrogen (secondary N) is 1. The van der Waals surface area contributed by atoms with Crippen molar-refractivity contribution >= 4 is 11.6 Å². The second kappa shape index (κ2) is 6.34. The maximum atomic E-state index is 12.0. The van der Waals surface area contributed by atoms with Crippen molar-refractivity contribution in [1.82, 2.24) is 5.32 Å². The minimum absolute atomic E-state index is 0.0218. The molecule has 0 atom stereocenters. The molecule has 0 spiro atoms. The van der Waals surface area contributed by atoms with Gasteiger partial charge in [-0.2, -0.15) is 0 Å². The Kier molecular flexibility index (Phi) is 4.51. The fraction of sp³-hybridized carbons (Fsp3) is 0.467. The molecule has 1 aromatic rings. The van der Waals surface area contributed by atoms with Crippen molar-refractivity contribution in [2.45, 2.75) is 32.6 Å². The van der Waals surface area contributed by atoms with Crippen LogP contribution in [0.25, 0.3) is 0 Å². The number of carbonyl (C=O) groups is 1. The maximum absolute atomic E-state index is 12.0. The molecule has 0 unspecified atom stereocenters. The molecule has 96 valence electrons. The Balaban J connectivity index is 2.26. The Morgan fingerprint density at radius 1 is 1.22 bits per heavy atom. The highest BCUT2D eigenvalue weighted by atomic mass is 16.1. The zero-order valence-corrected chi connectivity index (χ0v) is 10.9. The summed E-state index contributed by atoms with van der Waals surface area (Å²) in [5.41, 5.74) is 2.85. The lowest BCUT2D eigenvalue weighted by atomic mass is 9.97. The molecule has 0 aliphatic carbocycles. The van der Waals surface area contributed by atoms with Gasteiger partial charge in [0.2, 0.25) is 0 Å². The first-order valence-corrected chi connectivity index (χ1v) is 6.74. The zero-order valence-electron chi connectivity index (χ0n) is 10.9. The van der Waals surface area contributed by atoms with E-state index < -0.39 is 0 Å². The predicted octanol–water partition coefficient (Wildman–Crippen LogP) is 2.80. The van der Waals surface area contributed by atoms with Crippen LogP contribution in [0.2, 0.25) is 0 Å². The third kappa shape index (κ3) is 2.97. The lowest BCUT2D eigenvalue weighted by Crippen LogP contribution is -2.30. The highest BCUT2D eigenvalue weighted by molar-refractivity contribution is 6.10. The van der Waals surface area contributed by atoms with Gasteiger partial charge in [-0.3, -0.25) is 9.79 Å². The second-order valence-corrected chi connectivity index (χ2v) is 4.59. The molecule has 18 heavy (non-hydrogen) atoms. The summed E-state index contributed by atoms with van der Waals surface area (Å²) in [6, 6.07) is 7.77. The van der Waals surface area contributed by atoms with Gasteiger partial charge in [-0.15, -0.1) is 0 Å². The van der Waals surface area contributed by atoms with E-state index in [0.717, 1.165) is 29.7 Å². The smallest absolute Gasteiger partial charge is 0.252 e. The summed E-state index contributed by atoms with van der Waals surface area (Å²) < 4.78 is 0. The van der Waals surface area contributed by atoms with Crippen LogP contribution in [0, 0.1) is 0 Å². The Morgan fingerprint density at radius 2 is 2.00 bits per heavy atom. The van der Waals surface area contributed by atoms with Crippen LogP contribution in [-0.2, 0) is 0 Å². The number of fused-ring (bicyclic) bond motifs is 1. The van der Waals surface area contributed by atoms with E-state index in [9.17, 15) is 4.79 Å². The van der Waals surface area contributed by atoms with E-state index in [1.54, 1.807) is 0 Å². The van der Waals surface area contributed by atoms with Gasteiger partial charge >= 0.3 is 0 Å². The minimum Gasteiger partial charge on any atom is -0.350 e. The molecule has 0 radical (unpaired) electrons. The molecule has 0 saturated carbocycles. The largest absolute Gasteiger partial charge is 0.350 e. The number of unbranched alkanes of at least 4 members (excludes halogenated alkanes) is 2. The van der Waals surface area contributed by atoms with E-state index in [4.69, 9.17) is 0 Å². The first kappa shape index (κ1) is 12.8. The highest BCUT2D eigenvalue weighted by Gasteiger charge is 2.16. The van der Waals surface area contributed by atoms with E-state index in [2.05, 4.69) is 17.2 Å². The van der Waals surface area contributed by atoms with Gasteiger partial charge < -0.3 is 5.32 Å². The molecule has 0 bridgehead atoms. The number of carbonyl (C=O) groups excluding carboxylic acids is 1. The van der Waals surface area contributed by atoms with Crippen LogP contribution in [0.1, 0.15) is 48.5 Å². The summed E-state index contributed by atoms with van der Waals surface area (Å²) in [5, 5.41) is 2.88. The van der Waals surface area contributed by atoms with E-state index in [1.165, 1.54) is 12.8 Å². The normalized spacial score (nSPS) is 18.1. The van der Waals surface area contributed by atoms with Crippen LogP contribution in [0.3, 0.4) is 0 Å². The standard InChI is InChI=1S/C15H20N2O/c1-2-3-4-9-14-12-7-5-6-8-13(12)15(18)17-11-10-16-14/h5-8H,2-4,9-11H2,1H3,(H,17,18)/b16-14-. The van der Waals surface area contributed by atoms with Gasteiger partial charge in [0.05, 0.1) is 6.54 Å². The number of aliphatic imine (C=N–C) groups is 1. The van der Waals surface area contributed by atoms with Crippen molar-refractivity contribution in [3.05, 3.63) is 35.4 Å². The summed E-state index contributed by atoms with van der Waals surface area (Å²) >= 11 is 0. The number of amides is 1. The number of rotatable bonds is 4. The van der Waals surface area contributed by atoms with Crippen molar-refractivity contribution in [1.29, 1.82) is 0 Å². The number of hydrogen-bond donors (Lipinski definition) is 1. The molecule has 1 N–H and O–H groups in total. The highest BCUT2D eigenvalue weighted by Crippen LogP contribution is 2.16. The first-order valence-electron chi connectivity index (χ1n) is 6.74. The fourth-order valence-electron chi connectivity index (χ4n) is 2.23. The topological polar surface area (TPSA) is 41.5 Å². The van der Waals surface area contributed by atoms with Gasteiger partial charge in [0.25, 0.3) is 5.91 Å². The molecule has 1 amide bonds. The Hall–Kier alpha value is -1.64. The molecule has 1 aliphatic rings. The maximum Gasteiger partial charge on any atom is 0.252 e. The van der Waals surface area contributed by atoms with Crippen molar-refractivity contribution in [2.24, 2.45) is 4.99 Å². The van der Waals surface area contributed by atoms with Crippen LogP contribution in [0.4, 0.5) is 0 Å². The summed E-state index contributed by atoms with van der Waals surface area (Å²) in [4.78, 5) is 16.6. The molecule has 0 saturated heterocycles. The van der Waals surface area contributed by atoms with Gasteiger partial charge in [0.15, 0.2) is 0 Å². The van der Waals surface area contributed by atoms with Crippen molar-refractivity contribution in [2.75, 3.05) is 13.1 Å². The molecule has 1 aliphatic heterocycles. The van der Waals surface area contributed by atoms with Gasteiger partial charge in [-0.25, -0.2) is 0 Å². The lowest BCUT2D eigenvalue weighted by Gasteiger charge is -2.15. The monoisotopic (exact) mass is 244 g/mol. The third-order valence-corrected chi connectivity index (χ3v) is 3.20. The Bertz CT molecular complexity index is 452. The lowest BCUT2D eigenvalue weighted by molar-refractivity contribution is 0.0954. The van der Waals surface area contributed by atoms with E-state index in [0.29, 0.717) is 13.1 Å². The van der Waals surface area contributed by atoms with Gasteiger partial charge in [-0.05, 0) is 18.9 Å². The van der Waals surface area contributed by atoms with Crippen LogP contribution >= 0.6 is 0 Å². The van der Waals surface area contributed by atoms with Crippen molar-refractivity contribution in [3.63, 3.8) is 0 Å². The van der Waals surface area contributed by atoms with Crippen molar-refractivity contribution < 1.29 is 4.79 Å². The van der Waals surface area contributed by atoms with E-state index >= 15 is 0 Å². The zero-order chi connectivity index (χ0) is 12.8. The first-order chi connectivity index (χ1) is 8.83. The Labute approximate surface area is 108 Å². The molecule has 0 fully saturated rings. The molecule has 2 rings (SSSR count). The quantitative estimate of drug-likeness (QED) is 0.813. The molecule has 3 heteroatoms. The second-order valence-electron chi connectivity index (χ2n) is 4.59. The van der Waals surface area contributed by atoms with Crippen LogP contribution in [0.5, 0.6) is 0 Å².